The molecule has 21 heavy (non-hydrogen) atoms. The number of nitrogens with zero attached hydrogens (tertiary/aromatic N) is 1. The summed E-state index contributed by atoms with van der Waals surface area (Å²) < 4.78 is 5.81. The third-order valence-electron chi connectivity index (χ3n) is 3.84. The zero-order valence-corrected chi connectivity index (χ0v) is 12.7. The Bertz CT molecular complexity index is 598. The Hall–Kier alpha value is -2.29. The molecule has 2 aromatic carbocycles. The molecule has 3 heteroatoms. The van der Waals surface area contributed by atoms with E-state index in [1.807, 2.05) is 36.4 Å². The van der Waals surface area contributed by atoms with Crippen LogP contribution in [0.15, 0.2) is 53.7 Å². The van der Waals surface area contributed by atoms with E-state index in [1.165, 1.54) is 11.8 Å². The lowest BCUT2D eigenvalue weighted by atomic mass is 9.82. The van der Waals surface area contributed by atoms with Crippen molar-refractivity contribution < 1.29 is 9.94 Å². The zero-order valence-electron chi connectivity index (χ0n) is 12.7. The van der Waals surface area contributed by atoms with Gasteiger partial charge in [0.2, 0.25) is 0 Å². The van der Waals surface area contributed by atoms with Crippen LogP contribution in [0.5, 0.6) is 11.5 Å². The van der Waals surface area contributed by atoms with Gasteiger partial charge >= 0.3 is 0 Å². The predicted molar refractivity (Wildman–Crippen MR) is 85.7 cm³/mol. The quantitative estimate of drug-likeness (QED) is 0.478. The van der Waals surface area contributed by atoms with Gasteiger partial charge in [-0.05, 0) is 59.4 Å². The van der Waals surface area contributed by atoms with Gasteiger partial charge in [0.05, 0.1) is 6.21 Å². The molecule has 0 unspecified atom stereocenters. The first-order valence-corrected chi connectivity index (χ1v) is 7.11. The van der Waals surface area contributed by atoms with Gasteiger partial charge in [-0.15, -0.1) is 0 Å². The molecule has 2 aromatic rings. The topological polar surface area (TPSA) is 41.8 Å². The third kappa shape index (κ3) is 3.85. The largest absolute Gasteiger partial charge is 0.457 e. The van der Waals surface area contributed by atoms with Crippen molar-refractivity contribution in [1.82, 2.24) is 0 Å². The van der Waals surface area contributed by atoms with Crippen LogP contribution in [-0.2, 0) is 5.41 Å². The van der Waals surface area contributed by atoms with E-state index in [-0.39, 0.29) is 5.41 Å². The minimum Gasteiger partial charge on any atom is -0.457 e. The van der Waals surface area contributed by atoms with E-state index < -0.39 is 0 Å². The standard InChI is InChI=1S/C18H21NO2/c1-4-18(2,3)15-7-11-17(12-8-15)21-16-9-5-14(6-10-16)13-19-20/h5-13,20H,4H2,1-3H3. The van der Waals surface area contributed by atoms with Crippen molar-refractivity contribution in [3.05, 3.63) is 59.7 Å². The third-order valence-corrected chi connectivity index (χ3v) is 3.84. The average Bonchev–Trinajstić information content (AvgIpc) is 2.50. The lowest BCUT2D eigenvalue weighted by molar-refractivity contribution is 0.322. The van der Waals surface area contributed by atoms with Crippen molar-refractivity contribution in [2.75, 3.05) is 0 Å². The number of ether oxygens (including phenoxy) is 1. The number of rotatable bonds is 5. The Morgan fingerprint density at radius 2 is 1.52 bits per heavy atom. The van der Waals surface area contributed by atoms with Crippen LogP contribution < -0.4 is 4.74 Å². The number of benzene rings is 2. The molecule has 2 rings (SSSR count). The molecular formula is C18H21NO2. The van der Waals surface area contributed by atoms with Crippen LogP contribution in [0.3, 0.4) is 0 Å². The highest BCUT2D eigenvalue weighted by Crippen LogP contribution is 2.29. The molecule has 0 aromatic heterocycles. The molecule has 0 atom stereocenters. The fourth-order valence-electron chi connectivity index (χ4n) is 2.00. The maximum atomic E-state index is 8.47. The molecule has 0 aliphatic carbocycles. The smallest absolute Gasteiger partial charge is 0.127 e. The van der Waals surface area contributed by atoms with E-state index in [1.54, 1.807) is 0 Å². The second-order valence-electron chi connectivity index (χ2n) is 5.68. The Balaban J connectivity index is 2.10. The minimum atomic E-state index is 0.184. The van der Waals surface area contributed by atoms with Crippen molar-refractivity contribution in [2.45, 2.75) is 32.6 Å². The first-order valence-electron chi connectivity index (χ1n) is 7.11. The van der Waals surface area contributed by atoms with Crippen molar-refractivity contribution in [3.8, 4) is 11.5 Å². The summed E-state index contributed by atoms with van der Waals surface area (Å²) in [4.78, 5) is 0. The molecule has 0 saturated carbocycles. The van der Waals surface area contributed by atoms with Gasteiger partial charge in [-0.2, -0.15) is 0 Å². The number of hydrogen-bond donors (Lipinski definition) is 1. The maximum Gasteiger partial charge on any atom is 0.127 e. The zero-order chi connectivity index (χ0) is 15.3. The molecule has 0 bridgehead atoms. The van der Waals surface area contributed by atoms with Gasteiger partial charge in [0.15, 0.2) is 0 Å². The minimum absolute atomic E-state index is 0.184. The summed E-state index contributed by atoms with van der Waals surface area (Å²) in [5, 5.41) is 11.5. The Labute approximate surface area is 125 Å². The van der Waals surface area contributed by atoms with Gasteiger partial charge < -0.3 is 9.94 Å². The summed E-state index contributed by atoms with van der Waals surface area (Å²) in [5.74, 6) is 1.57. The number of oxime groups is 1. The summed E-state index contributed by atoms with van der Waals surface area (Å²) in [6, 6.07) is 15.6. The molecule has 0 spiro atoms. The molecule has 0 radical (unpaired) electrons. The Morgan fingerprint density at radius 1 is 1.00 bits per heavy atom. The summed E-state index contributed by atoms with van der Waals surface area (Å²) >= 11 is 0. The van der Waals surface area contributed by atoms with E-state index >= 15 is 0 Å². The van der Waals surface area contributed by atoms with Crippen LogP contribution in [0.25, 0.3) is 0 Å². The fourth-order valence-corrected chi connectivity index (χ4v) is 2.00. The monoisotopic (exact) mass is 283 g/mol. The van der Waals surface area contributed by atoms with Crippen molar-refractivity contribution in [1.29, 1.82) is 0 Å². The fraction of sp³-hybridized carbons (Fsp3) is 0.278. The summed E-state index contributed by atoms with van der Waals surface area (Å²) in [5.41, 5.74) is 2.32. The lowest BCUT2D eigenvalue weighted by Crippen LogP contribution is -2.14. The predicted octanol–water partition coefficient (Wildman–Crippen LogP) is 4.97. The van der Waals surface area contributed by atoms with Crippen LogP contribution in [0, 0.1) is 0 Å². The van der Waals surface area contributed by atoms with Gasteiger partial charge in [-0.25, -0.2) is 0 Å². The molecule has 0 heterocycles. The highest BCUT2D eigenvalue weighted by molar-refractivity contribution is 5.79. The second kappa shape index (κ2) is 6.44. The highest BCUT2D eigenvalue weighted by Gasteiger charge is 2.17. The van der Waals surface area contributed by atoms with E-state index in [9.17, 15) is 0 Å². The van der Waals surface area contributed by atoms with E-state index in [0.29, 0.717) is 0 Å². The van der Waals surface area contributed by atoms with Crippen molar-refractivity contribution in [3.63, 3.8) is 0 Å². The molecule has 1 N–H and O–H groups in total. The SMILES string of the molecule is CCC(C)(C)c1ccc(Oc2ccc(C=NO)cc2)cc1. The van der Waals surface area contributed by atoms with Crippen LogP contribution in [-0.4, -0.2) is 11.4 Å². The Morgan fingerprint density at radius 3 is 2.00 bits per heavy atom. The van der Waals surface area contributed by atoms with Gasteiger partial charge in [0.1, 0.15) is 11.5 Å². The van der Waals surface area contributed by atoms with Crippen molar-refractivity contribution in [2.24, 2.45) is 5.16 Å². The molecule has 0 aliphatic rings. The van der Waals surface area contributed by atoms with Crippen LogP contribution >= 0.6 is 0 Å². The van der Waals surface area contributed by atoms with E-state index in [2.05, 4.69) is 38.1 Å². The first kappa shape index (κ1) is 15.1. The molecule has 0 fully saturated rings. The van der Waals surface area contributed by atoms with Crippen molar-refractivity contribution >= 4 is 6.21 Å². The summed E-state index contributed by atoms with van der Waals surface area (Å²) in [7, 11) is 0. The molecule has 110 valence electrons. The van der Waals surface area contributed by atoms with E-state index in [0.717, 1.165) is 23.5 Å². The van der Waals surface area contributed by atoms with Gasteiger partial charge in [-0.3, -0.25) is 0 Å². The van der Waals surface area contributed by atoms with Gasteiger partial charge in [0, 0.05) is 0 Å². The van der Waals surface area contributed by atoms with Gasteiger partial charge in [-0.1, -0.05) is 38.1 Å². The van der Waals surface area contributed by atoms with Crippen LogP contribution in [0.1, 0.15) is 38.3 Å². The first-order chi connectivity index (χ1) is 10.0. The van der Waals surface area contributed by atoms with Crippen LogP contribution in [0.4, 0.5) is 0 Å². The average molecular weight is 283 g/mol. The van der Waals surface area contributed by atoms with Gasteiger partial charge in [0.25, 0.3) is 0 Å². The Kier molecular flexibility index (Phi) is 4.63. The molecule has 0 saturated heterocycles. The molecule has 3 nitrogen and oxygen atoms in total. The number of hydrogen-bond acceptors (Lipinski definition) is 3. The second-order valence-corrected chi connectivity index (χ2v) is 5.68. The summed E-state index contributed by atoms with van der Waals surface area (Å²) in [6.07, 6.45) is 2.48. The maximum absolute atomic E-state index is 8.47. The van der Waals surface area contributed by atoms with Crippen LogP contribution in [0.2, 0.25) is 0 Å². The molecule has 0 aliphatic heterocycles. The lowest BCUT2D eigenvalue weighted by Gasteiger charge is -2.23. The van der Waals surface area contributed by atoms with E-state index in [4.69, 9.17) is 9.94 Å². The molecular weight excluding hydrogens is 262 g/mol. The highest BCUT2D eigenvalue weighted by atomic mass is 16.5. The normalized spacial score (nSPS) is 11.8. The molecule has 0 amide bonds. The summed E-state index contributed by atoms with van der Waals surface area (Å²) in [6.45, 7) is 6.68.